The number of rotatable bonds is 3. The molecular formula is C13H21NS. The molecule has 2 atom stereocenters. The van der Waals surface area contributed by atoms with E-state index in [1.165, 1.54) is 24.8 Å². The zero-order valence-corrected chi connectivity index (χ0v) is 10.7. The van der Waals surface area contributed by atoms with Crippen LogP contribution in [-0.2, 0) is 0 Å². The Hall–Kier alpha value is -0.340. The van der Waals surface area contributed by atoms with Gasteiger partial charge in [0.2, 0.25) is 0 Å². The van der Waals surface area contributed by atoms with Crippen LogP contribution in [0.1, 0.15) is 51.6 Å². The van der Waals surface area contributed by atoms with Gasteiger partial charge in [-0.3, -0.25) is 0 Å². The largest absolute Gasteiger partial charge is 0.307 e. The van der Waals surface area contributed by atoms with E-state index in [-0.39, 0.29) is 0 Å². The highest BCUT2D eigenvalue weighted by molar-refractivity contribution is 7.07. The summed E-state index contributed by atoms with van der Waals surface area (Å²) < 4.78 is 0. The first-order chi connectivity index (χ1) is 7.07. The van der Waals surface area contributed by atoms with Gasteiger partial charge in [0.05, 0.1) is 0 Å². The smallest absolute Gasteiger partial charge is 0.0302 e. The van der Waals surface area contributed by atoms with Crippen LogP contribution in [0.25, 0.3) is 0 Å². The number of hydrogen-bond acceptors (Lipinski definition) is 2. The summed E-state index contributed by atoms with van der Waals surface area (Å²) in [6, 6.07) is 3.45. The van der Waals surface area contributed by atoms with Gasteiger partial charge in [-0.05, 0) is 54.0 Å². The van der Waals surface area contributed by atoms with E-state index in [1.807, 2.05) is 0 Å². The monoisotopic (exact) mass is 223 g/mol. The second-order valence-corrected chi connectivity index (χ2v) is 6.33. The fourth-order valence-corrected chi connectivity index (χ4v) is 3.30. The van der Waals surface area contributed by atoms with Gasteiger partial charge < -0.3 is 5.32 Å². The van der Waals surface area contributed by atoms with Crippen molar-refractivity contribution >= 4 is 11.3 Å². The van der Waals surface area contributed by atoms with Gasteiger partial charge in [0.25, 0.3) is 0 Å². The first kappa shape index (κ1) is 11.2. The van der Waals surface area contributed by atoms with E-state index in [9.17, 15) is 0 Å². The van der Waals surface area contributed by atoms with Crippen LogP contribution < -0.4 is 5.32 Å². The van der Waals surface area contributed by atoms with Crippen molar-refractivity contribution in [2.75, 3.05) is 0 Å². The molecule has 84 valence electrons. The molecule has 2 heteroatoms. The highest BCUT2D eigenvalue weighted by Gasteiger charge is 2.31. The van der Waals surface area contributed by atoms with Gasteiger partial charge in [0.1, 0.15) is 0 Å². The lowest BCUT2D eigenvalue weighted by Gasteiger charge is -2.21. The molecule has 0 bridgehead atoms. The highest BCUT2D eigenvalue weighted by Crippen LogP contribution is 2.37. The predicted molar refractivity (Wildman–Crippen MR) is 67.3 cm³/mol. The number of nitrogens with one attached hydrogen (secondary N) is 1. The molecule has 1 fully saturated rings. The molecule has 1 aliphatic rings. The molecule has 0 spiro atoms. The Morgan fingerprint density at radius 3 is 2.87 bits per heavy atom. The van der Waals surface area contributed by atoms with E-state index in [1.54, 1.807) is 11.3 Å². The Morgan fingerprint density at radius 1 is 1.53 bits per heavy atom. The van der Waals surface area contributed by atoms with Gasteiger partial charge >= 0.3 is 0 Å². The molecule has 2 rings (SSSR count). The summed E-state index contributed by atoms with van der Waals surface area (Å²) in [5.74, 6) is 0. The van der Waals surface area contributed by atoms with Crippen LogP contribution in [0, 0.1) is 5.41 Å². The van der Waals surface area contributed by atoms with Gasteiger partial charge in [-0.15, -0.1) is 0 Å². The topological polar surface area (TPSA) is 12.0 Å². The van der Waals surface area contributed by atoms with Crippen molar-refractivity contribution in [1.82, 2.24) is 5.32 Å². The van der Waals surface area contributed by atoms with Crippen LogP contribution in [0.4, 0.5) is 0 Å². The third-order valence-corrected chi connectivity index (χ3v) is 4.20. The van der Waals surface area contributed by atoms with Crippen LogP contribution in [-0.4, -0.2) is 6.04 Å². The maximum absolute atomic E-state index is 3.74. The summed E-state index contributed by atoms with van der Waals surface area (Å²) >= 11 is 1.79. The molecule has 1 aliphatic carbocycles. The van der Waals surface area contributed by atoms with Crippen LogP contribution in [0.5, 0.6) is 0 Å². The first-order valence-corrected chi connectivity index (χ1v) is 6.79. The number of thiophene rings is 1. The summed E-state index contributed by atoms with van der Waals surface area (Å²) in [7, 11) is 0. The van der Waals surface area contributed by atoms with Crippen molar-refractivity contribution in [3.63, 3.8) is 0 Å². The SMILES string of the molecule is CC(NC1CCC(C)(C)C1)c1ccsc1. The molecule has 1 nitrogen and oxygen atoms in total. The summed E-state index contributed by atoms with van der Waals surface area (Å²) in [5.41, 5.74) is 1.98. The third-order valence-electron chi connectivity index (χ3n) is 3.50. The predicted octanol–water partition coefficient (Wildman–Crippen LogP) is 3.98. The van der Waals surface area contributed by atoms with Gasteiger partial charge in [0.15, 0.2) is 0 Å². The minimum absolute atomic E-state index is 0.509. The number of hydrogen-bond donors (Lipinski definition) is 1. The van der Waals surface area contributed by atoms with E-state index in [0.29, 0.717) is 11.5 Å². The zero-order valence-electron chi connectivity index (χ0n) is 9.92. The quantitative estimate of drug-likeness (QED) is 0.817. The van der Waals surface area contributed by atoms with Crippen molar-refractivity contribution in [2.45, 2.75) is 52.1 Å². The standard InChI is InChI=1S/C13H21NS/c1-10(11-5-7-15-9-11)14-12-4-6-13(2,3)8-12/h5,7,9-10,12,14H,4,6,8H2,1-3H3. The minimum Gasteiger partial charge on any atom is -0.307 e. The van der Waals surface area contributed by atoms with Gasteiger partial charge in [-0.1, -0.05) is 13.8 Å². The van der Waals surface area contributed by atoms with E-state index in [0.717, 1.165) is 6.04 Å². The molecule has 1 N–H and O–H groups in total. The molecule has 0 aromatic carbocycles. The van der Waals surface area contributed by atoms with E-state index in [4.69, 9.17) is 0 Å². The lowest BCUT2D eigenvalue weighted by molar-refractivity contribution is 0.356. The Kier molecular flexibility index (Phi) is 3.17. The summed E-state index contributed by atoms with van der Waals surface area (Å²) in [6.07, 6.45) is 4.02. The summed E-state index contributed by atoms with van der Waals surface area (Å²) in [5, 5.41) is 8.15. The molecule has 0 saturated heterocycles. The Balaban J connectivity index is 1.88. The van der Waals surface area contributed by atoms with Crippen LogP contribution >= 0.6 is 11.3 Å². The molecule has 1 saturated carbocycles. The van der Waals surface area contributed by atoms with Crippen molar-refractivity contribution in [2.24, 2.45) is 5.41 Å². The molecule has 15 heavy (non-hydrogen) atoms. The van der Waals surface area contributed by atoms with Crippen molar-refractivity contribution in [3.05, 3.63) is 22.4 Å². The molecule has 1 aromatic rings. The zero-order chi connectivity index (χ0) is 10.9. The second kappa shape index (κ2) is 4.26. The Labute approximate surface area is 96.9 Å². The average molecular weight is 223 g/mol. The maximum atomic E-state index is 3.74. The lowest BCUT2D eigenvalue weighted by atomic mass is 9.92. The molecule has 2 unspecified atom stereocenters. The summed E-state index contributed by atoms with van der Waals surface area (Å²) in [4.78, 5) is 0. The second-order valence-electron chi connectivity index (χ2n) is 5.55. The lowest BCUT2D eigenvalue weighted by Crippen LogP contribution is -2.29. The Bertz CT molecular complexity index is 302. The van der Waals surface area contributed by atoms with Gasteiger partial charge in [-0.2, -0.15) is 11.3 Å². The fraction of sp³-hybridized carbons (Fsp3) is 0.692. The van der Waals surface area contributed by atoms with Crippen LogP contribution in [0.15, 0.2) is 16.8 Å². The molecule has 0 radical (unpaired) electrons. The summed E-state index contributed by atoms with van der Waals surface area (Å²) in [6.45, 7) is 7.03. The van der Waals surface area contributed by atoms with Crippen molar-refractivity contribution in [3.8, 4) is 0 Å². The van der Waals surface area contributed by atoms with Crippen molar-refractivity contribution < 1.29 is 0 Å². The molecule has 1 heterocycles. The van der Waals surface area contributed by atoms with Crippen LogP contribution in [0.3, 0.4) is 0 Å². The molecular weight excluding hydrogens is 202 g/mol. The molecule has 1 aromatic heterocycles. The van der Waals surface area contributed by atoms with E-state index < -0.39 is 0 Å². The van der Waals surface area contributed by atoms with E-state index >= 15 is 0 Å². The highest BCUT2D eigenvalue weighted by atomic mass is 32.1. The minimum atomic E-state index is 0.509. The Morgan fingerprint density at radius 2 is 2.33 bits per heavy atom. The average Bonchev–Trinajstić information content (AvgIpc) is 2.74. The normalized spacial score (nSPS) is 26.7. The van der Waals surface area contributed by atoms with Crippen LogP contribution in [0.2, 0.25) is 0 Å². The van der Waals surface area contributed by atoms with E-state index in [2.05, 4.69) is 42.9 Å². The maximum Gasteiger partial charge on any atom is 0.0302 e. The van der Waals surface area contributed by atoms with Crippen molar-refractivity contribution in [1.29, 1.82) is 0 Å². The van der Waals surface area contributed by atoms with Gasteiger partial charge in [-0.25, -0.2) is 0 Å². The first-order valence-electron chi connectivity index (χ1n) is 5.85. The van der Waals surface area contributed by atoms with Gasteiger partial charge in [0, 0.05) is 12.1 Å². The molecule has 0 amide bonds. The fourth-order valence-electron chi connectivity index (χ4n) is 2.55. The third kappa shape index (κ3) is 2.82. The molecule has 0 aliphatic heterocycles.